The first-order valence-electron chi connectivity index (χ1n) is 4.83. The van der Waals surface area contributed by atoms with Gasteiger partial charge in [-0.3, -0.25) is 0 Å². The zero-order chi connectivity index (χ0) is 12.1. The van der Waals surface area contributed by atoms with Gasteiger partial charge < -0.3 is 14.6 Å². The fourth-order valence-corrected chi connectivity index (χ4v) is 1.45. The maximum absolute atomic E-state index is 10.8. The molecule has 0 atom stereocenters. The first-order valence-corrected chi connectivity index (χ1v) is 5.21. The molecule has 0 saturated heterocycles. The molecule has 5 heteroatoms. The molecule has 0 radical (unpaired) electrons. The molecule has 1 aromatic rings. The number of carboxylic acids is 1. The van der Waals surface area contributed by atoms with Gasteiger partial charge in [0.15, 0.2) is 11.5 Å². The second kappa shape index (κ2) is 5.61. The number of halogens is 1. The Labute approximate surface area is 98.7 Å². The summed E-state index contributed by atoms with van der Waals surface area (Å²) in [6, 6.07) is 2.73. The highest BCUT2D eigenvalue weighted by atomic mass is 35.5. The molecular formula is C11H13ClO4. The fraction of sp³-hybridized carbons (Fsp3) is 0.364. The predicted molar refractivity (Wildman–Crippen MR) is 60.7 cm³/mol. The van der Waals surface area contributed by atoms with Crippen LogP contribution in [0.25, 0.3) is 0 Å². The lowest BCUT2D eigenvalue weighted by Crippen LogP contribution is -2.02. The second-order valence-electron chi connectivity index (χ2n) is 3.14. The molecule has 0 saturated carbocycles. The minimum absolute atomic E-state index is 0.0747. The lowest BCUT2D eigenvalue weighted by molar-refractivity contribution is 0.0696. The van der Waals surface area contributed by atoms with Crippen molar-refractivity contribution >= 4 is 17.6 Å². The topological polar surface area (TPSA) is 55.8 Å². The van der Waals surface area contributed by atoms with Crippen molar-refractivity contribution in [2.45, 2.75) is 13.3 Å². The van der Waals surface area contributed by atoms with Gasteiger partial charge in [-0.15, -0.1) is 0 Å². The maximum Gasteiger partial charge on any atom is 0.335 e. The van der Waals surface area contributed by atoms with Gasteiger partial charge in [-0.05, 0) is 18.6 Å². The molecule has 0 aliphatic rings. The number of aromatic carboxylic acids is 1. The summed E-state index contributed by atoms with van der Waals surface area (Å²) in [6.45, 7) is 2.47. The predicted octanol–water partition coefficient (Wildman–Crippen LogP) is 2.84. The standard InChI is InChI=1S/C11H13ClO4/c1-3-4-16-10-8(12)5-7(11(13)14)6-9(10)15-2/h5-6H,3-4H2,1-2H3,(H,13,14). The highest BCUT2D eigenvalue weighted by Gasteiger charge is 2.14. The largest absolute Gasteiger partial charge is 0.493 e. The first kappa shape index (κ1) is 12.6. The molecule has 1 aromatic carbocycles. The van der Waals surface area contributed by atoms with Crippen LogP contribution in [-0.4, -0.2) is 24.8 Å². The summed E-state index contributed by atoms with van der Waals surface area (Å²) < 4.78 is 10.4. The molecular weight excluding hydrogens is 232 g/mol. The van der Waals surface area contributed by atoms with Crippen LogP contribution in [0.1, 0.15) is 23.7 Å². The van der Waals surface area contributed by atoms with E-state index in [0.29, 0.717) is 18.1 Å². The molecule has 0 heterocycles. The number of methoxy groups -OCH3 is 1. The smallest absolute Gasteiger partial charge is 0.335 e. The van der Waals surface area contributed by atoms with Crippen molar-refractivity contribution in [2.24, 2.45) is 0 Å². The van der Waals surface area contributed by atoms with Gasteiger partial charge in [0.05, 0.1) is 24.3 Å². The highest BCUT2D eigenvalue weighted by molar-refractivity contribution is 6.32. The van der Waals surface area contributed by atoms with Crippen LogP contribution in [0.3, 0.4) is 0 Å². The fourth-order valence-electron chi connectivity index (χ4n) is 1.19. The van der Waals surface area contributed by atoms with Crippen molar-refractivity contribution < 1.29 is 19.4 Å². The normalized spacial score (nSPS) is 9.94. The van der Waals surface area contributed by atoms with Crippen molar-refractivity contribution in [2.75, 3.05) is 13.7 Å². The van der Waals surface area contributed by atoms with E-state index in [-0.39, 0.29) is 10.6 Å². The van der Waals surface area contributed by atoms with Crippen LogP contribution < -0.4 is 9.47 Å². The lowest BCUT2D eigenvalue weighted by atomic mass is 10.2. The summed E-state index contributed by atoms with van der Waals surface area (Å²) in [6.07, 6.45) is 0.833. The Hall–Kier alpha value is -1.42. The molecule has 0 aliphatic carbocycles. The molecule has 0 spiro atoms. The molecule has 1 rings (SSSR count). The van der Waals surface area contributed by atoms with Crippen molar-refractivity contribution in [1.82, 2.24) is 0 Å². The van der Waals surface area contributed by atoms with Gasteiger partial charge in [0.1, 0.15) is 0 Å². The summed E-state index contributed by atoms with van der Waals surface area (Å²) in [5.74, 6) is -0.336. The lowest BCUT2D eigenvalue weighted by Gasteiger charge is -2.12. The monoisotopic (exact) mass is 244 g/mol. The van der Waals surface area contributed by atoms with Crippen molar-refractivity contribution in [3.63, 3.8) is 0 Å². The summed E-state index contributed by atoms with van der Waals surface area (Å²) in [4.78, 5) is 10.8. The van der Waals surface area contributed by atoms with E-state index in [4.69, 9.17) is 26.2 Å². The van der Waals surface area contributed by atoms with Crippen LogP contribution in [-0.2, 0) is 0 Å². The van der Waals surface area contributed by atoms with Crippen LogP contribution >= 0.6 is 11.6 Å². The molecule has 88 valence electrons. The van der Waals surface area contributed by atoms with E-state index >= 15 is 0 Å². The van der Waals surface area contributed by atoms with Crippen LogP contribution in [0, 0.1) is 0 Å². The molecule has 0 fully saturated rings. The molecule has 0 bridgehead atoms. The first-order chi connectivity index (χ1) is 7.60. The summed E-state index contributed by atoms with van der Waals surface area (Å²) in [5, 5.41) is 9.08. The minimum Gasteiger partial charge on any atom is -0.493 e. The van der Waals surface area contributed by atoms with E-state index < -0.39 is 5.97 Å². The number of hydrogen-bond acceptors (Lipinski definition) is 3. The zero-order valence-electron chi connectivity index (χ0n) is 9.12. The maximum atomic E-state index is 10.8. The Bertz CT molecular complexity index is 390. The zero-order valence-corrected chi connectivity index (χ0v) is 9.87. The SMILES string of the molecule is CCCOc1c(Cl)cc(C(=O)O)cc1OC. The van der Waals surface area contributed by atoms with Gasteiger partial charge in [-0.25, -0.2) is 4.79 Å². The van der Waals surface area contributed by atoms with Crippen molar-refractivity contribution in [3.8, 4) is 11.5 Å². The number of carboxylic acid groups (broad SMARTS) is 1. The number of carbonyl (C=O) groups is 1. The van der Waals surface area contributed by atoms with Crippen LogP contribution in [0.2, 0.25) is 5.02 Å². The van der Waals surface area contributed by atoms with Crippen LogP contribution in [0.4, 0.5) is 0 Å². The minimum atomic E-state index is -1.05. The van der Waals surface area contributed by atoms with Gasteiger partial charge in [0, 0.05) is 0 Å². The quantitative estimate of drug-likeness (QED) is 0.865. The van der Waals surface area contributed by atoms with Crippen LogP contribution in [0.5, 0.6) is 11.5 Å². The number of benzene rings is 1. The van der Waals surface area contributed by atoms with E-state index in [1.807, 2.05) is 6.92 Å². The molecule has 4 nitrogen and oxygen atoms in total. The van der Waals surface area contributed by atoms with Gasteiger partial charge in [0.25, 0.3) is 0 Å². The molecule has 1 N–H and O–H groups in total. The second-order valence-corrected chi connectivity index (χ2v) is 3.55. The van der Waals surface area contributed by atoms with Crippen molar-refractivity contribution in [3.05, 3.63) is 22.7 Å². The van der Waals surface area contributed by atoms with E-state index in [1.165, 1.54) is 19.2 Å². The third-order valence-corrected chi connectivity index (χ3v) is 2.21. The summed E-state index contributed by atoms with van der Waals surface area (Å²) in [7, 11) is 1.44. The van der Waals surface area contributed by atoms with E-state index in [2.05, 4.69) is 0 Å². The third-order valence-electron chi connectivity index (χ3n) is 1.93. The third kappa shape index (κ3) is 2.79. The average Bonchev–Trinajstić information content (AvgIpc) is 2.26. The molecule has 0 unspecified atom stereocenters. The summed E-state index contributed by atoms with van der Waals surface area (Å²) >= 11 is 5.92. The van der Waals surface area contributed by atoms with Gasteiger partial charge in [-0.2, -0.15) is 0 Å². The number of hydrogen-bond donors (Lipinski definition) is 1. The molecule has 0 aromatic heterocycles. The molecule has 16 heavy (non-hydrogen) atoms. The summed E-state index contributed by atoms with van der Waals surface area (Å²) in [5.41, 5.74) is 0.0747. The Morgan fingerprint density at radius 3 is 2.69 bits per heavy atom. The van der Waals surface area contributed by atoms with Crippen LogP contribution in [0.15, 0.2) is 12.1 Å². The Balaban J connectivity index is 3.12. The Morgan fingerprint density at radius 2 is 2.19 bits per heavy atom. The van der Waals surface area contributed by atoms with E-state index in [0.717, 1.165) is 6.42 Å². The molecule has 0 aliphatic heterocycles. The van der Waals surface area contributed by atoms with Gasteiger partial charge in [0.2, 0.25) is 0 Å². The molecule has 0 amide bonds. The Morgan fingerprint density at radius 1 is 1.50 bits per heavy atom. The van der Waals surface area contributed by atoms with Gasteiger partial charge >= 0.3 is 5.97 Å². The highest BCUT2D eigenvalue weighted by Crippen LogP contribution is 2.36. The van der Waals surface area contributed by atoms with Crippen molar-refractivity contribution in [1.29, 1.82) is 0 Å². The average molecular weight is 245 g/mol. The Kier molecular flexibility index (Phi) is 4.43. The number of ether oxygens (including phenoxy) is 2. The van der Waals surface area contributed by atoms with E-state index in [1.54, 1.807) is 0 Å². The number of rotatable bonds is 5. The van der Waals surface area contributed by atoms with Gasteiger partial charge in [-0.1, -0.05) is 18.5 Å². The van der Waals surface area contributed by atoms with E-state index in [9.17, 15) is 4.79 Å².